The zero-order chi connectivity index (χ0) is 20.3. The van der Waals surface area contributed by atoms with Crippen molar-refractivity contribution in [1.82, 2.24) is 4.31 Å². The van der Waals surface area contributed by atoms with Crippen molar-refractivity contribution in [3.63, 3.8) is 0 Å². The molecule has 1 saturated carbocycles. The van der Waals surface area contributed by atoms with E-state index in [9.17, 15) is 0 Å². The minimum absolute atomic E-state index is 0.685. The molecule has 0 atom stereocenters. The third kappa shape index (κ3) is 4.24. The van der Waals surface area contributed by atoms with Crippen LogP contribution in [0, 0.1) is 0 Å². The molecule has 2 nitrogen and oxygen atoms in total. The van der Waals surface area contributed by atoms with Crippen molar-refractivity contribution in [2.24, 2.45) is 0 Å². The first-order valence-corrected chi connectivity index (χ1v) is 12.4. The average Bonchev–Trinajstić information content (AvgIpc) is 3.33. The van der Waals surface area contributed by atoms with Crippen LogP contribution in [0.3, 0.4) is 0 Å². The first kappa shape index (κ1) is 20.0. The number of anilines is 1. The molecule has 0 radical (unpaired) electrons. The summed E-state index contributed by atoms with van der Waals surface area (Å²) < 4.78 is 2.67. The van der Waals surface area contributed by atoms with Crippen LogP contribution in [0.4, 0.5) is 5.69 Å². The van der Waals surface area contributed by atoms with Gasteiger partial charge < -0.3 is 4.90 Å². The fourth-order valence-electron chi connectivity index (χ4n) is 5.12. The van der Waals surface area contributed by atoms with Crippen molar-refractivity contribution >= 4 is 28.4 Å². The van der Waals surface area contributed by atoms with Crippen LogP contribution in [-0.4, -0.2) is 23.4 Å². The minimum Gasteiger partial charge on any atom is -0.372 e. The summed E-state index contributed by atoms with van der Waals surface area (Å²) in [6, 6.07) is 23.5. The van der Waals surface area contributed by atoms with Crippen LogP contribution in [-0.2, 0) is 13.0 Å². The Morgan fingerprint density at radius 1 is 0.933 bits per heavy atom. The first-order chi connectivity index (χ1) is 14.8. The molecule has 0 bridgehead atoms. The van der Waals surface area contributed by atoms with E-state index < -0.39 is 0 Å². The van der Waals surface area contributed by atoms with Crippen LogP contribution in [0.2, 0.25) is 0 Å². The van der Waals surface area contributed by atoms with Gasteiger partial charge in [0.05, 0.1) is 0 Å². The Morgan fingerprint density at radius 2 is 1.77 bits per heavy atom. The largest absolute Gasteiger partial charge is 0.372 e. The van der Waals surface area contributed by atoms with Gasteiger partial charge in [-0.25, -0.2) is 4.31 Å². The summed E-state index contributed by atoms with van der Waals surface area (Å²) in [5.41, 5.74) is 4.47. The Morgan fingerprint density at radius 3 is 2.60 bits per heavy atom. The SMILES string of the molecule is CCN1CCCc2cc(CN(Sc3ccc4ccccc4c3)C3CCCC3)ccc21. The number of nitrogens with zero attached hydrogens (tertiary/aromatic N) is 2. The molecule has 1 fully saturated rings. The van der Waals surface area contributed by atoms with Gasteiger partial charge in [-0.15, -0.1) is 0 Å². The number of fused-ring (bicyclic) bond motifs is 2. The van der Waals surface area contributed by atoms with E-state index in [0.29, 0.717) is 6.04 Å². The topological polar surface area (TPSA) is 6.48 Å². The maximum atomic E-state index is 2.67. The highest BCUT2D eigenvalue weighted by atomic mass is 32.2. The van der Waals surface area contributed by atoms with Gasteiger partial charge in [0.1, 0.15) is 0 Å². The van der Waals surface area contributed by atoms with Crippen molar-refractivity contribution in [1.29, 1.82) is 0 Å². The molecule has 0 aromatic heterocycles. The number of hydrogen-bond acceptors (Lipinski definition) is 3. The van der Waals surface area contributed by atoms with Crippen LogP contribution >= 0.6 is 11.9 Å². The third-order valence-electron chi connectivity index (χ3n) is 6.75. The van der Waals surface area contributed by atoms with Crippen LogP contribution in [0.15, 0.2) is 65.6 Å². The highest BCUT2D eigenvalue weighted by Crippen LogP contribution is 2.36. The van der Waals surface area contributed by atoms with E-state index in [1.54, 1.807) is 5.56 Å². The second kappa shape index (κ2) is 9.03. The molecule has 0 N–H and O–H groups in total. The molecule has 0 spiro atoms. The van der Waals surface area contributed by atoms with E-state index >= 15 is 0 Å². The lowest BCUT2D eigenvalue weighted by molar-refractivity contribution is 0.350. The van der Waals surface area contributed by atoms with Gasteiger partial charge >= 0.3 is 0 Å². The monoisotopic (exact) mass is 416 g/mol. The highest BCUT2D eigenvalue weighted by molar-refractivity contribution is 7.97. The van der Waals surface area contributed by atoms with Crippen molar-refractivity contribution < 1.29 is 0 Å². The molecule has 0 saturated heterocycles. The lowest BCUT2D eigenvalue weighted by Crippen LogP contribution is -2.29. The van der Waals surface area contributed by atoms with E-state index in [1.165, 1.54) is 72.0 Å². The van der Waals surface area contributed by atoms with Crippen molar-refractivity contribution in [3.8, 4) is 0 Å². The minimum atomic E-state index is 0.685. The normalized spacial score (nSPS) is 17.1. The molecular formula is C27H32N2S. The molecule has 0 amide bonds. The van der Waals surface area contributed by atoms with Crippen LogP contribution in [0.5, 0.6) is 0 Å². The summed E-state index contributed by atoms with van der Waals surface area (Å²) in [7, 11) is 0. The Kier molecular flexibility index (Phi) is 6.01. The lowest BCUT2D eigenvalue weighted by Gasteiger charge is -2.32. The molecule has 1 heterocycles. The molecule has 156 valence electrons. The van der Waals surface area contributed by atoms with Gasteiger partial charge in [0, 0.05) is 36.3 Å². The summed E-state index contributed by atoms with van der Waals surface area (Å²) in [5, 5.41) is 2.66. The smallest absolute Gasteiger partial charge is 0.0398 e. The van der Waals surface area contributed by atoms with Gasteiger partial charge in [-0.2, -0.15) is 0 Å². The fraction of sp³-hybridized carbons (Fsp3) is 0.407. The van der Waals surface area contributed by atoms with E-state index in [4.69, 9.17) is 0 Å². The lowest BCUT2D eigenvalue weighted by atomic mass is 9.99. The second-order valence-electron chi connectivity index (χ2n) is 8.76. The molecule has 2 aliphatic rings. The second-order valence-corrected chi connectivity index (χ2v) is 9.88. The maximum Gasteiger partial charge on any atom is 0.0398 e. The van der Waals surface area contributed by atoms with Gasteiger partial charge in [-0.05, 0) is 84.7 Å². The molecular weight excluding hydrogens is 384 g/mol. The van der Waals surface area contributed by atoms with E-state index in [-0.39, 0.29) is 0 Å². The van der Waals surface area contributed by atoms with Gasteiger partial charge in [0.2, 0.25) is 0 Å². The Bertz CT molecular complexity index is 1010. The summed E-state index contributed by atoms with van der Waals surface area (Å²) >= 11 is 1.96. The maximum absolute atomic E-state index is 2.67. The van der Waals surface area contributed by atoms with Gasteiger partial charge in [-0.3, -0.25) is 0 Å². The fourth-order valence-corrected chi connectivity index (χ4v) is 6.28. The molecule has 1 aliphatic carbocycles. The molecule has 30 heavy (non-hydrogen) atoms. The Hall–Kier alpha value is -1.97. The molecule has 5 rings (SSSR count). The molecule has 3 heteroatoms. The first-order valence-electron chi connectivity index (χ1n) is 11.6. The number of aryl methyl sites for hydroxylation is 1. The van der Waals surface area contributed by atoms with Crippen molar-refractivity contribution in [2.45, 2.75) is 62.9 Å². The predicted octanol–water partition coefficient (Wildman–Crippen LogP) is 7.06. The molecule has 1 aliphatic heterocycles. The van der Waals surface area contributed by atoms with Crippen LogP contribution < -0.4 is 4.90 Å². The zero-order valence-corrected chi connectivity index (χ0v) is 18.8. The summed E-state index contributed by atoms with van der Waals surface area (Å²) in [4.78, 5) is 3.89. The molecule has 3 aromatic rings. The summed E-state index contributed by atoms with van der Waals surface area (Å²) in [6.45, 7) is 5.61. The predicted molar refractivity (Wildman–Crippen MR) is 130 cm³/mol. The standard InChI is InChI=1S/C27H32N2S/c1-2-28-17-7-10-24-18-21(13-16-27(24)28)20-29(25-11-5-6-12-25)30-26-15-14-22-8-3-4-9-23(22)19-26/h3-4,8-9,13-16,18-19,25H,2,5-7,10-12,17,20H2,1H3. The summed E-state index contributed by atoms with van der Waals surface area (Å²) in [6.07, 6.45) is 7.90. The van der Waals surface area contributed by atoms with Gasteiger partial charge in [0.15, 0.2) is 0 Å². The van der Waals surface area contributed by atoms with Crippen molar-refractivity contribution in [2.75, 3.05) is 18.0 Å². The third-order valence-corrected chi connectivity index (χ3v) is 7.88. The van der Waals surface area contributed by atoms with E-state index in [2.05, 4.69) is 76.8 Å². The quantitative estimate of drug-likeness (QED) is 0.397. The van der Waals surface area contributed by atoms with Gasteiger partial charge in [0.25, 0.3) is 0 Å². The van der Waals surface area contributed by atoms with Crippen molar-refractivity contribution in [3.05, 3.63) is 71.8 Å². The van der Waals surface area contributed by atoms with E-state index in [1.807, 2.05) is 11.9 Å². The van der Waals surface area contributed by atoms with Crippen LogP contribution in [0.25, 0.3) is 10.8 Å². The number of hydrogen-bond donors (Lipinski definition) is 0. The highest BCUT2D eigenvalue weighted by Gasteiger charge is 2.24. The number of benzene rings is 3. The van der Waals surface area contributed by atoms with Crippen LogP contribution in [0.1, 0.15) is 50.2 Å². The average molecular weight is 417 g/mol. The number of rotatable bonds is 6. The van der Waals surface area contributed by atoms with Gasteiger partial charge in [-0.1, -0.05) is 55.3 Å². The molecule has 0 unspecified atom stereocenters. The Labute approximate surface area is 185 Å². The van der Waals surface area contributed by atoms with E-state index in [0.717, 1.165) is 13.1 Å². The summed E-state index contributed by atoms with van der Waals surface area (Å²) in [5.74, 6) is 0. The Balaban J connectivity index is 1.39. The molecule has 3 aromatic carbocycles. The zero-order valence-electron chi connectivity index (χ0n) is 18.0.